The molecule has 18 heavy (non-hydrogen) atoms. The maximum absolute atomic E-state index is 5.87. The van der Waals surface area contributed by atoms with E-state index in [1.807, 2.05) is 13.1 Å². The number of hydrogen-bond donors (Lipinski definition) is 1. The number of anilines is 1. The van der Waals surface area contributed by atoms with Crippen LogP contribution in [-0.4, -0.2) is 17.6 Å². The number of pyridine rings is 1. The summed E-state index contributed by atoms with van der Waals surface area (Å²) in [5.74, 6) is 2.06. The van der Waals surface area contributed by atoms with Crippen molar-refractivity contribution in [2.24, 2.45) is 11.7 Å². The standard InChI is InChI=1S/C15H23N3/c1-11(16)13-7-8-15(17-10-13)18-9-3-5-12-4-2-6-14(12)18/h7-8,10-12,14H,2-6,9,16H2,1H3/t11-,12?,14?/m0/s1. The van der Waals surface area contributed by atoms with Gasteiger partial charge in [-0.25, -0.2) is 4.98 Å². The van der Waals surface area contributed by atoms with Gasteiger partial charge < -0.3 is 10.6 Å². The number of nitrogens with two attached hydrogens (primary N) is 1. The second kappa shape index (κ2) is 4.88. The van der Waals surface area contributed by atoms with E-state index in [4.69, 9.17) is 5.73 Å². The van der Waals surface area contributed by atoms with E-state index in [1.54, 1.807) is 0 Å². The summed E-state index contributed by atoms with van der Waals surface area (Å²) < 4.78 is 0. The minimum atomic E-state index is 0.0761. The zero-order valence-electron chi connectivity index (χ0n) is 11.2. The fourth-order valence-electron chi connectivity index (χ4n) is 3.58. The summed E-state index contributed by atoms with van der Waals surface area (Å²) in [5, 5.41) is 0. The third-order valence-corrected chi connectivity index (χ3v) is 4.58. The van der Waals surface area contributed by atoms with Crippen molar-refractivity contribution < 1.29 is 0 Å². The van der Waals surface area contributed by atoms with Crippen LogP contribution in [0.4, 0.5) is 5.82 Å². The molecule has 3 nitrogen and oxygen atoms in total. The second-order valence-electron chi connectivity index (χ2n) is 5.83. The lowest BCUT2D eigenvalue weighted by Crippen LogP contribution is -2.43. The van der Waals surface area contributed by atoms with E-state index in [2.05, 4.69) is 22.0 Å². The molecule has 1 saturated carbocycles. The molecule has 98 valence electrons. The number of fused-ring (bicyclic) bond motifs is 1. The van der Waals surface area contributed by atoms with Crippen molar-refractivity contribution in [1.29, 1.82) is 0 Å². The fourth-order valence-corrected chi connectivity index (χ4v) is 3.58. The predicted octanol–water partition coefficient (Wildman–Crippen LogP) is 2.87. The molecule has 0 radical (unpaired) electrons. The van der Waals surface area contributed by atoms with E-state index in [1.165, 1.54) is 38.6 Å². The van der Waals surface area contributed by atoms with Crippen LogP contribution < -0.4 is 10.6 Å². The second-order valence-corrected chi connectivity index (χ2v) is 5.83. The minimum Gasteiger partial charge on any atom is -0.353 e. The van der Waals surface area contributed by atoms with Gasteiger partial charge in [-0.15, -0.1) is 0 Å². The van der Waals surface area contributed by atoms with Gasteiger partial charge in [0.05, 0.1) is 0 Å². The SMILES string of the molecule is C[C@H](N)c1ccc(N2CCCC3CCCC32)nc1. The van der Waals surface area contributed by atoms with Crippen molar-refractivity contribution in [3.8, 4) is 0 Å². The molecule has 1 aliphatic heterocycles. The number of rotatable bonds is 2. The molecule has 2 N–H and O–H groups in total. The molecule has 0 amide bonds. The van der Waals surface area contributed by atoms with Gasteiger partial charge in [0.15, 0.2) is 0 Å². The Hall–Kier alpha value is -1.09. The largest absolute Gasteiger partial charge is 0.353 e. The first-order chi connectivity index (χ1) is 8.75. The van der Waals surface area contributed by atoms with Gasteiger partial charge in [-0.3, -0.25) is 0 Å². The smallest absolute Gasteiger partial charge is 0.128 e. The summed E-state index contributed by atoms with van der Waals surface area (Å²) in [5.41, 5.74) is 7.00. The van der Waals surface area contributed by atoms with Crippen LogP contribution in [-0.2, 0) is 0 Å². The van der Waals surface area contributed by atoms with E-state index < -0.39 is 0 Å². The summed E-state index contributed by atoms with van der Waals surface area (Å²) in [6.07, 6.45) is 8.83. The Bertz CT molecular complexity index is 399. The number of hydrogen-bond acceptors (Lipinski definition) is 3. The van der Waals surface area contributed by atoms with E-state index in [0.29, 0.717) is 0 Å². The Balaban J connectivity index is 1.80. The van der Waals surface area contributed by atoms with Crippen LogP contribution in [0.3, 0.4) is 0 Å². The topological polar surface area (TPSA) is 42.1 Å². The Labute approximate surface area is 109 Å². The number of piperidine rings is 1. The van der Waals surface area contributed by atoms with Crippen LogP contribution >= 0.6 is 0 Å². The maximum Gasteiger partial charge on any atom is 0.128 e. The first kappa shape index (κ1) is 12.0. The van der Waals surface area contributed by atoms with Crippen LogP contribution in [0.15, 0.2) is 18.3 Å². The van der Waals surface area contributed by atoms with Gasteiger partial charge in [-0.2, -0.15) is 0 Å². The lowest BCUT2D eigenvalue weighted by atomic mass is 9.92. The lowest BCUT2D eigenvalue weighted by molar-refractivity contribution is 0.360. The van der Waals surface area contributed by atoms with Crippen molar-refractivity contribution in [2.75, 3.05) is 11.4 Å². The zero-order valence-corrected chi connectivity index (χ0v) is 11.2. The molecule has 1 saturated heterocycles. The molecule has 3 atom stereocenters. The zero-order chi connectivity index (χ0) is 12.5. The molecule has 0 aromatic carbocycles. The third kappa shape index (κ3) is 2.12. The van der Waals surface area contributed by atoms with Crippen molar-refractivity contribution in [1.82, 2.24) is 4.98 Å². The third-order valence-electron chi connectivity index (χ3n) is 4.58. The van der Waals surface area contributed by atoms with Crippen LogP contribution in [0, 0.1) is 5.92 Å². The monoisotopic (exact) mass is 245 g/mol. The summed E-state index contributed by atoms with van der Waals surface area (Å²) >= 11 is 0. The normalized spacial score (nSPS) is 29.1. The van der Waals surface area contributed by atoms with Crippen LogP contribution in [0.25, 0.3) is 0 Å². The maximum atomic E-state index is 5.87. The predicted molar refractivity (Wildman–Crippen MR) is 74.5 cm³/mol. The molecule has 2 heterocycles. The minimum absolute atomic E-state index is 0.0761. The lowest BCUT2D eigenvalue weighted by Gasteiger charge is -2.38. The molecule has 0 spiro atoms. The molecule has 1 aromatic rings. The van der Waals surface area contributed by atoms with Gasteiger partial charge in [0.1, 0.15) is 5.82 Å². The Morgan fingerprint density at radius 2 is 2.11 bits per heavy atom. The molecule has 3 heteroatoms. The highest BCUT2D eigenvalue weighted by atomic mass is 15.2. The quantitative estimate of drug-likeness (QED) is 0.871. The highest BCUT2D eigenvalue weighted by molar-refractivity contribution is 5.42. The van der Waals surface area contributed by atoms with Crippen LogP contribution in [0.5, 0.6) is 0 Å². The van der Waals surface area contributed by atoms with E-state index in [-0.39, 0.29) is 6.04 Å². The molecule has 2 aliphatic rings. The van der Waals surface area contributed by atoms with Gasteiger partial charge >= 0.3 is 0 Å². The first-order valence-corrected chi connectivity index (χ1v) is 7.24. The Kier molecular flexibility index (Phi) is 3.25. The summed E-state index contributed by atoms with van der Waals surface area (Å²) in [7, 11) is 0. The molecular formula is C15H23N3. The number of aromatic nitrogens is 1. The highest BCUT2D eigenvalue weighted by Gasteiger charge is 2.35. The summed E-state index contributed by atoms with van der Waals surface area (Å²) in [6.45, 7) is 3.18. The average molecular weight is 245 g/mol. The van der Waals surface area contributed by atoms with Gasteiger partial charge in [-0.05, 0) is 50.2 Å². The van der Waals surface area contributed by atoms with Crippen LogP contribution in [0.2, 0.25) is 0 Å². The van der Waals surface area contributed by atoms with Gasteiger partial charge in [0.25, 0.3) is 0 Å². The van der Waals surface area contributed by atoms with Gasteiger partial charge in [0.2, 0.25) is 0 Å². The average Bonchev–Trinajstić information content (AvgIpc) is 2.87. The number of nitrogens with zero attached hydrogens (tertiary/aromatic N) is 2. The molecule has 1 aliphatic carbocycles. The molecule has 2 fully saturated rings. The van der Waals surface area contributed by atoms with Crippen molar-refractivity contribution in [3.63, 3.8) is 0 Å². The van der Waals surface area contributed by atoms with Crippen molar-refractivity contribution >= 4 is 5.82 Å². The molecule has 3 rings (SSSR count). The molecule has 0 bridgehead atoms. The van der Waals surface area contributed by atoms with Crippen molar-refractivity contribution in [3.05, 3.63) is 23.9 Å². The Morgan fingerprint density at radius 1 is 1.28 bits per heavy atom. The molecular weight excluding hydrogens is 222 g/mol. The van der Waals surface area contributed by atoms with Crippen LogP contribution in [0.1, 0.15) is 50.6 Å². The van der Waals surface area contributed by atoms with Gasteiger partial charge in [-0.1, -0.05) is 12.5 Å². The summed E-state index contributed by atoms with van der Waals surface area (Å²) in [6, 6.07) is 5.10. The van der Waals surface area contributed by atoms with Crippen molar-refractivity contribution in [2.45, 2.75) is 51.1 Å². The fraction of sp³-hybridized carbons (Fsp3) is 0.667. The van der Waals surface area contributed by atoms with Gasteiger partial charge in [0, 0.05) is 24.8 Å². The van der Waals surface area contributed by atoms with E-state index >= 15 is 0 Å². The van der Waals surface area contributed by atoms with E-state index in [9.17, 15) is 0 Å². The van der Waals surface area contributed by atoms with E-state index in [0.717, 1.165) is 23.3 Å². The molecule has 2 unspecified atom stereocenters. The molecule has 1 aromatic heterocycles. The summed E-state index contributed by atoms with van der Waals surface area (Å²) in [4.78, 5) is 7.16. The highest BCUT2D eigenvalue weighted by Crippen LogP contribution is 2.38. The Morgan fingerprint density at radius 3 is 2.83 bits per heavy atom. The first-order valence-electron chi connectivity index (χ1n) is 7.24.